The molecule has 1 heterocycles. The van der Waals surface area contributed by atoms with Gasteiger partial charge in [-0.3, -0.25) is 4.72 Å². The van der Waals surface area contributed by atoms with Crippen molar-refractivity contribution in [1.82, 2.24) is 9.97 Å². The first-order valence-corrected chi connectivity index (χ1v) is 7.90. The summed E-state index contributed by atoms with van der Waals surface area (Å²) in [6.45, 7) is 5.49. The van der Waals surface area contributed by atoms with Gasteiger partial charge in [-0.2, -0.15) is 13.7 Å². The van der Waals surface area contributed by atoms with Crippen molar-refractivity contribution in [3.8, 4) is 6.07 Å². The molecular weight excluding hydrogens is 307 g/mol. The number of nitriles is 1. The molecule has 0 atom stereocenters. The van der Waals surface area contributed by atoms with Crippen molar-refractivity contribution in [3.05, 3.63) is 41.6 Å². The lowest BCUT2D eigenvalue weighted by molar-refractivity contribution is 0.546. The first-order valence-electron chi connectivity index (χ1n) is 6.41. The van der Waals surface area contributed by atoms with Gasteiger partial charge in [0.15, 0.2) is 5.03 Å². The fourth-order valence-corrected chi connectivity index (χ4v) is 3.26. The third kappa shape index (κ3) is 3.09. The van der Waals surface area contributed by atoms with E-state index in [2.05, 4.69) is 14.7 Å². The number of imidazole rings is 1. The van der Waals surface area contributed by atoms with E-state index in [1.54, 1.807) is 0 Å². The van der Waals surface area contributed by atoms with Gasteiger partial charge in [-0.25, -0.2) is 9.37 Å². The molecule has 0 aliphatic carbocycles. The Morgan fingerprint density at radius 2 is 2.05 bits per heavy atom. The van der Waals surface area contributed by atoms with E-state index >= 15 is 0 Å². The molecule has 8 heteroatoms. The highest BCUT2D eigenvalue weighted by atomic mass is 32.2. The summed E-state index contributed by atoms with van der Waals surface area (Å²) in [4.78, 5) is 6.63. The summed E-state index contributed by atoms with van der Waals surface area (Å²) in [5.41, 5.74) is -0.205. The van der Waals surface area contributed by atoms with Crippen LogP contribution >= 0.6 is 0 Å². The molecule has 1 aromatic heterocycles. The molecule has 0 aliphatic heterocycles. The van der Waals surface area contributed by atoms with Crippen molar-refractivity contribution >= 4 is 15.7 Å². The van der Waals surface area contributed by atoms with Crippen molar-refractivity contribution < 1.29 is 12.8 Å². The zero-order chi connectivity index (χ0) is 16.5. The second-order valence-corrected chi connectivity index (χ2v) is 7.34. The summed E-state index contributed by atoms with van der Waals surface area (Å²) in [5.74, 6) is -0.768. The Hall–Kier alpha value is -2.40. The molecule has 22 heavy (non-hydrogen) atoms. The second-order valence-electron chi connectivity index (χ2n) is 5.74. The van der Waals surface area contributed by atoms with Gasteiger partial charge in [0.05, 0.1) is 29.3 Å². The summed E-state index contributed by atoms with van der Waals surface area (Å²) in [7, 11) is -4.07. The Bertz CT molecular complexity index is 844. The maximum Gasteiger partial charge on any atom is 0.281 e. The quantitative estimate of drug-likeness (QED) is 0.907. The lowest BCUT2D eigenvalue weighted by atomic mass is 9.93. The minimum Gasteiger partial charge on any atom is -0.347 e. The monoisotopic (exact) mass is 322 g/mol. The number of nitrogens with one attached hydrogen (secondary N) is 2. The number of nitrogens with zero attached hydrogens (tertiary/aromatic N) is 2. The van der Waals surface area contributed by atoms with Crippen molar-refractivity contribution in [3.63, 3.8) is 0 Å². The van der Waals surface area contributed by atoms with E-state index in [9.17, 15) is 12.8 Å². The van der Waals surface area contributed by atoms with Crippen molar-refractivity contribution in [2.24, 2.45) is 0 Å². The van der Waals surface area contributed by atoms with Gasteiger partial charge in [-0.15, -0.1) is 0 Å². The zero-order valence-electron chi connectivity index (χ0n) is 12.3. The van der Waals surface area contributed by atoms with Gasteiger partial charge >= 0.3 is 0 Å². The molecule has 1 aromatic carbocycles. The zero-order valence-corrected chi connectivity index (χ0v) is 13.1. The predicted molar refractivity (Wildman–Crippen MR) is 79.2 cm³/mol. The Morgan fingerprint density at radius 3 is 2.64 bits per heavy atom. The first kappa shape index (κ1) is 16.0. The molecule has 2 rings (SSSR count). The molecular formula is C14H15FN4O2S. The number of hydrogen-bond donors (Lipinski definition) is 2. The van der Waals surface area contributed by atoms with Crippen LogP contribution in [0.5, 0.6) is 0 Å². The molecule has 0 aliphatic rings. The van der Waals surface area contributed by atoms with Crippen LogP contribution in [0.4, 0.5) is 10.1 Å². The van der Waals surface area contributed by atoms with Crippen molar-refractivity contribution in [2.45, 2.75) is 31.2 Å². The van der Waals surface area contributed by atoms with Gasteiger partial charge in [-0.1, -0.05) is 20.8 Å². The van der Waals surface area contributed by atoms with Gasteiger partial charge in [0.25, 0.3) is 10.0 Å². The van der Waals surface area contributed by atoms with Crippen LogP contribution in [0, 0.1) is 17.1 Å². The van der Waals surface area contributed by atoms with E-state index in [0.29, 0.717) is 5.69 Å². The first-order chi connectivity index (χ1) is 10.1. The summed E-state index contributed by atoms with van der Waals surface area (Å²) in [6.07, 6.45) is 1.28. The van der Waals surface area contributed by atoms with Crippen molar-refractivity contribution in [1.29, 1.82) is 5.26 Å². The molecule has 6 nitrogen and oxygen atoms in total. The van der Waals surface area contributed by atoms with Crippen LogP contribution in [0.15, 0.2) is 29.6 Å². The lowest BCUT2D eigenvalue weighted by Gasteiger charge is -2.18. The lowest BCUT2D eigenvalue weighted by Crippen LogP contribution is -2.21. The van der Waals surface area contributed by atoms with E-state index in [0.717, 1.165) is 12.1 Å². The molecule has 2 N–H and O–H groups in total. The smallest absolute Gasteiger partial charge is 0.281 e. The average Bonchev–Trinajstić information content (AvgIpc) is 2.91. The van der Waals surface area contributed by atoms with Crippen LogP contribution in [0.2, 0.25) is 0 Å². The molecule has 0 saturated carbocycles. The molecule has 116 valence electrons. The highest BCUT2D eigenvalue weighted by Crippen LogP contribution is 2.27. The molecule has 0 bridgehead atoms. The van der Waals surface area contributed by atoms with E-state index in [4.69, 9.17) is 5.26 Å². The number of aromatic amines is 1. The second kappa shape index (κ2) is 5.42. The maximum absolute atomic E-state index is 13.7. The highest BCUT2D eigenvalue weighted by molar-refractivity contribution is 7.92. The largest absolute Gasteiger partial charge is 0.347 e. The fourth-order valence-electron chi connectivity index (χ4n) is 1.89. The number of hydrogen-bond acceptors (Lipinski definition) is 4. The van der Waals surface area contributed by atoms with E-state index < -0.39 is 21.3 Å². The summed E-state index contributed by atoms with van der Waals surface area (Å²) in [6, 6.07) is 5.26. The number of H-pyrrole nitrogens is 1. The SMILES string of the molecule is CC(C)(C)c1[nH]cnc1S(=O)(=O)Nc1cc(C#N)ccc1F. The van der Waals surface area contributed by atoms with Gasteiger partial charge in [0.1, 0.15) is 5.82 Å². The topological polar surface area (TPSA) is 98.6 Å². The minimum absolute atomic E-state index is 0.150. The maximum atomic E-state index is 13.7. The number of rotatable bonds is 3. The third-order valence-corrected chi connectivity index (χ3v) is 4.26. The minimum atomic E-state index is -4.07. The molecule has 0 spiro atoms. The molecule has 0 saturated heterocycles. The third-order valence-electron chi connectivity index (χ3n) is 2.95. The Kier molecular flexibility index (Phi) is 3.94. The number of anilines is 1. The van der Waals surface area contributed by atoms with Gasteiger partial charge in [0, 0.05) is 5.41 Å². The molecule has 0 amide bonds. The van der Waals surface area contributed by atoms with E-state index in [-0.39, 0.29) is 16.3 Å². The van der Waals surface area contributed by atoms with Gasteiger partial charge < -0.3 is 4.98 Å². The van der Waals surface area contributed by atoms with Gasteiger partial charge in [0.2, 0.25) is 0 Å². The van der Waals surface area contributed by atoms with Crippen LogP contribution in [-0.2, 0) is 15.4 Å². The van der Waals surface area contributed by atoms with E-state index in [1.807, 2.05) is 26.8 Å². The molecule has 0 radical (unpaired) electrons. The fraction of sp³-hybridized carbons (Fsp3) is 0.286. The normalized spacial score (nSPS) is 12.0. The molecule has 2 aromatic rings. The Morgan fingerprint density at radius 1 is 1.36 bits per heavy atom. The van der Waals surface area contributed by atoms with Gasteiger partial charge in [-0.05, 0) is 18.2 Å². The number of benzene rings is 1. The van der Waals surface area contributed by atoms with Crippen molar-refractivity contribution in [2.75, 3.05) is 4.72 Å². The molecule has 0 unspecified atom stereocenters. The molecule has 0 fully saturated rings. The van der Waals surface area contributed by atoms with E-state index in [1.165, 1.54) is 12.4 Å². The Labute approximate surface area is 128 Å². The van der Waals surface area contributed by atoms with Crippen LogP contribution < -0.4 is 4.72 Å². The number of aromatic nitrogens is 2. The van der Waals surface area contributed by atoms with Crippen LogP contribution in [0.3, 0.4) is 0 Å². The highest BCUT2D eigenvalue weighted by Gasteiger charge is 2.29. The predicted octanol–water partition coefficient (Wildman–Crippen LogP) is 2.52. The standard InChI is InChI=1S/C14H15FN4O2S/c1-14(2,3)12-13(18-8-17-12)22(20,21)19-11-6-9(7-16)4-5-10(11)15/h4-6,8,19H,1-3H3,(H,17,18). The summed E-state index contributed by atoms with van der Waals surface area (Å²) < 4.78 is 40.8. The van der Waals surface area contributed by atoms with Crippen LogP contribution in [0.25, 0.3) is 0 Å². The van der Waals surface area contributed by atoms with Crippen LogP contribution in [-0.4, -0.2) is 18.4 Å². The average molecular weight is 322 g/mol. The summed E-state index contributed by atoms with van der Waals surface area (Å²) in [5, 5.41) is 8.63. The van der Waals surface area contributed by atoms with Crippen LogP contribution in [0.1, 0.15) is 32.0 Å². The Balaban J connectivity index is 2.46. The summed E-state index contributed by atoms with van der Waals surface area (Å²) >= 11 is 0. The number of sulfonamides is 1. The number of halogens is 1.